The number of piperazine rings is 1. The average molecular weight is 497 g/mol. The molecule has 2 atom stereocenters. The second-order valence-electron chi connectivity index (χ2n) is 9.10. The zero-order valence-corrected chi connectivity index (χ0v) is 20.9. The zero-order chi connectivity index (χ0) is 24.7. The summed E-state index contributed by atoms with van der Waals surface area (Å²) in [5.74, 6) is 1.29. The summed E-state index contributed by atoms with van der Waals surface area (Å²) in [4.78, 5) is 38.3. The second kappa shape index (κ2) is 9.47. The summed E-state index contributed by atoms with van der Waals surface area (Å²) in [6, 6.07) is 8.27. The minimum Gasteiger partial charge on any atom is -0.480 e. The number of likely N-dealkylation sites (tertiary alicyclic amines) is 1. The van der Waals surface area contributed by atoms with Crippen molar-refractivity contribution in [1.82, 2.24) is 19.4 Å². The summed E-state index contributed by atoms with van der Waals surface area (Å²) in [7, 11) is 1.68. The molecule has 35 heavy (non-hydrogen) atoms. The van der Waals surface area contributed by atoms with E-state index >= 15 is 0 Å². The molecule has 2 aromatic heterocycles. The summed E-state index contributed by atoms with van der Waals surface area (Å²) in [6.45, 7) is 6.87. The van der Waals surface area contributed by atoms with Crippen molar-refractivity contribution < 1.29 is 9.53 Å². The number of anilines is 3. The lowest BCUT2D eigenvalue weighted by molar-refractivity contribution is -0.120. The van der Waals surface area contributed by atoms with Crippen LogP contribution in [0.2, 0.25) is 5.02 Å². The topological polar surface area (TPSA) is 92.6 Å². The van der Waals surface area contributed by atoms with E-state index in [9.17, 15) is 9.59 Å². The van der Waals surface area contributed by atoms with Gasteiger partial charge in [0.2, 0.25) is 5.95 Å². The molecule has 10 heteroatoms. The third-order valence-electron chi connectivity index (χ3n) is 6.99. The first-order chi connectivity index (χ1) is 16.9. The molecule has 2 unspecified atom stereocenters. The van der Waals surface area contributed by atoms with E-state index in [4.69, 9.17) is 21.3 Å². The lowest BCUT2D eigenvalue weighted by Crippen LogP contribution is -2.46. The number of carbonyl (C=O) groups excluding carboxylic acids is 1. The summed E-state index contributed by atoms with van der Waals surface area (Å²) < 4.78 is 7.03. The number of ether oxygens (including phenoxy) is 1. The fourth-order valence-corrected chi connectivity index (χ4v) is 5.14. The van der Waals surface area contributed by atoms with Gasteiger partial charge in [0.25, 0.3) is 5.56 Å². The first-order valence-electron chi connectivity index (χ1n) is 12.0. The van der Waals surface area contributed by atoms with Crippen molar-refractivity contribution >= 4 is 45.7 Å². The van der Waals surface area contributed by atoms with Gasteiger partial charge in [-0.1, -0.05) is 25.4 Å². The number of halogens is 1. The van der Waals surface area contributed by atoms with Gasteiger partial charge in [-0.05, 0) is 37.2 Å². The van der Waals surface area contributed by atoms with Crippen molar-refractivity contribution in [3.63, 3.8) is 0 Å². The summed E-state index contributed by atoms with van der Waals surface area (Å²) in [5, 5.41) is 4.52. The van der Waals surface area contributed by atoms with E-state index in [0.717, 1.165) is 42.6 Å². The maximum absolute atomic E-state index is 12.6. The molecule has 3 aromatic rings. The highest BCUT2D eigenvalue weighted by atomic mass is 35.5. The molecule has 0 saturated carbocycles. The average Bonchev–Trinajstić information content (AvgIpc) is 3.47. The van der Waals surface area contributed by atoms with Crippen molar-refractivity contribution in [3.05, 3.63) is 45.8 Å². The first-order valence-corrected chi connectivity index (χ1v) is 12.3. The summed E-state index contributed by atoms with van der Waals surface area (Å²) in [5.41, 5.74) is 1.23. The number of aromatic nitrogens is 3. The van der Waals surface area contributed by atoms with Crippen molar-refractivity contribution in [3.8, 4) is 5.75 Å². The van der Waals surface area contributed by atoms with E-state index in [-0.39, 0.29) is 23.7 Å². The summed E-state index contributed by atoms with van der Waals surface area (Å²) in [6.07, 6.45) is 3.14. The Hall–Kier alpha value is -3.17. The van der Waals surface area contributed by atoms with Crippen LogP contribution in [0.15, 0.2) is 35.3 Å². The van der Waals surface area contributed by atoms with Gasteiger partial charge in [-0.15, -0.1) is 0 Å². The standard InChI is InChI=1S/C25H29ClN6O3/c1-4-19(33)14-35-22-9-15-8-16(6-7-21(15)30(3)24(22)34)28-23-20(26)11-27-25(29-23)32-13-17-10-18(32)12-31(17)5-2/h6-9,11,17-18H,4-5,10,12-14H2,1-3H3,(H,27,28,29). The highest BCUT2D eigenvalue weighted by molar-refractivity contribution is 6.32. The molecule has 2 aliphatic rings. The Kier molecular flexibility index (Phi) is 6.37. The van der Waals surface area contributed by atoms with Gasteiger partial charge in [-0.25, -0.2) is 4.98 Å². The van der Waals surface area contributed by atoms with E-state index < -0.39 is 0 Å². The van der Waals surface area contributed by atoms with E-state index in [2.05, 4.69) is 27.0 Å². The SMILES string of the molecule is CCC(=O)COc1cc2cc(Nc3nc(N4CC5CC4CN5CC)ncc3Cl)ccc2n(C)c1=O. The summed E-state index contributed by atoms with van der Waals surface area (Å²) >= 11 is 6.44. The largest absolute Gasteiger partial charge is 0.480 e. The molecule has 1 N–H and O–H groups in total. The normalized spacial score (nSPS) is 19.5. The lowest BCUT2D eigenvalue weighted by atomic mass is 10.2. The number of nitrogens with zero attached hydrogens (tertiary/aromatic N) is 5. The highest BCUT2D eigenvalue weighted by Crippen LogP contribution is 2.34. The van der Waals surface area contributed by atoms with Crippen LogP contribution in [0.25, 0.3) is 10.9 Å². The minimum absolute atomic E-state index is 0.0644. The van der Waals surface area contributed by atoms with E-state index in [1.165, 1.54) is 4.57 Å². The number of benzene rings is 1. The molecule has 4 heterocycles. The number of likely N-dealkylation sites (N-methyl/N-ethyl adjacent to an activating group) is 1. The van der Waals surface area contributed by atoms with Gasteiger partial charge in [0, 0.05) is 49.7 Å². The molecule has 0 amide bonds. The van der Waals surface area contributed by atoms with Crippen molar-refractivity contribution in [2.75, 3.05) is 36.5 Å². The molecular formula is C25H29ClN6O3. The van der Waals surface area contributed by atoms with E-state index in [1.54, 1.807) is 26.2 Å². The number of Topliss-reactive ketones (excluding diaryl/α,β-unsaturated/α-hetero) is 1. The molecular weight excluding hydrogens is 468 g/mol. The van der Waals surface area contributed by atoms with Crippen LogP contribution in [0.4, 0.5) is 17.5 Å². The van der Waals surface area contributed by atoms with Crippen molar-refractivity contribution in [2.45, 2.75) is 38.8 Å². The van der Waals surface area contributed by atoms with Gasteiger partial charge in [0.15, 0.2) is 17.4 Å². The Balaban J connectivity index is 1.40. The van der Waals surface area contributed by atoms with E-state index in [1.807, 2.05) is 18.2 Å². The number of aryl methyl sites for hydroxylation is 1. The molecule has 9 nitrogen and oxygen atoms in total. The van der Waals surface area contributed by atoms with Gasteiger partial charge in [0.05, 0.1) is 11.7 Å². The monoisotopic (exact) mass is 496 g/mol. The highest BCUT2D eigenvalue weighted by Gasteiger charge is 2.43. The van der Waals surface area contributed by atoms with Crippen LogP contribution < -0.4 is 20.5 Å². The molecule has 2 fully saturated rings. The molecule has 0 aliphatic carbocycles. The van der Waals surface area contributed by atoms with Gasteiger partial charge in [-0.3, -0.25) is 14.5 Å². The zero-order valence-electron chi connectivity index (χ0n) is 20.1. The van der Waals surface area contributed by atoms with Gasteiger partial charge in [-0.2, -0.15) is 4.98 Å². The lowest BCUT2D eigenvalue weighted by Gasteiger charge is -2.33. The van der Waals surface area contributed by atoms with Crippen molar-refractivity contribution in [1.29, 1.82) is 0 Å². The fraction of sp³-hybridized carbons (Fsp3) is 0.440. The Morgan fingerprint density at radius 1 is 1.23 bits per heavy atom. The van der Waals surface area contributed by atoms with Crippen LogP contribution in [0.1, 0.15) is 26.7 Å². The first kappa shape index (κ1) is 23.6. The Morgan fingerprint density at radius 3 is 2.77 bits per heavy atom. The number of nitrogens with one attached hydrogen (secondary N) is 1. The number of fused-ring (bicyclic) bond motifs is 3. The van der Waals surface area contributed by atoms with Gasteiger partial charge < -0.3 is 19.5 Å². The molecule has 2 aliphatic heterocycles. The Bertz CT molecular complexity index is 1340. The van der Waals surface area contributed by atoms with Gasteiger partial charge in [0.1, 0.15) is 11.6 Å². The molecule has 1 aromatic carbocycles. The molecule has 0 spiro atoms. The maximum atomic E-state index is 12.6. The van der Waals surface area contributed by atoms with Crippen LogP contribution in [-0.4, -0.2) is 63.5 Å². The van der Waals surface area contributed by atoms with E-state index in [0.29, 0.717) is 35.3 Å². The quantitative estimate of drug-likeness (QED) is 0.507. The van der Waals surface area contributed by atoms with Crippen LogP contribution in [-0.2, 0) is 11.8 Å². The third kappa shape index (κ3) is 4.46. The molecule has 0 radical (unpaired) electrons. The molecule has 2 saturated heterocycles. The Morgan fingerprint density at radius 2 is 2.06 bits per heavy atom. The third-order valence-corrected chi connectivity index (χ3v) is 7.26. The predicted molar refractivity (Wildman–Crippen MR) is 137 cm³/mol. The molecule has 2 bridgehead atoms. The van der Waals surface area contributed by atoms with Crippen LogP contribution in [0, 0.1) is 0 Å². The Labute approximate surface area is 208 Å². The number of hydrogen-bond acceptors (Lipinski definition) is 8. The van der Waals surface area contributed by atoms with Gasteiger partial charge >= 0.3 is 0 Å². The van der Waals surface area contributed by atoms with Crippen LogP contribution in [0.3, 0.4) is 0 Å². The number of carbonyl (C=O) groups is 1. The number of pyridine rings is 1. The van der Waals surface area contributed by atoms with Crippen LogP contribution >= 0.6 is 11.6 Å². The fourth-order valence-electron chi connectivity index (χ4n) is 5.00. The number of rotatable bonds is 8. The second-order valence-corrected chi connectivity index (χ2v) is 9.51. The smallest absolute Gasteiger partial charge is 0.293 e. The maximum Gasteiger partial charge on any atom is 0.293 e. The van der Waals surface area contributed by atoms with Crippen LogP contribution in [0.5, 0.6) is 5.75 Å². The molecule has 184 valence electrons. The number of ketones is 1. The minimum atomic E-state index is -0.285. The predicted octanol–water partition coefficient (Wildman–Crippen LogP) is 3.37. The number of hydrogen-bond donors (Lipinski definition) is 1. The van der Waals surface area contributed by atoms with Crippen molar-refractivity contribution in [2.24, 2.45) is 7.05 Å². The molecule has 5 rings (SSSR count).